The number of anilines is 3. The van der Waals surface area contributed by atoms with Crippen LogP contribution in [-0.4, -0.2) is 143 Å². The molecule has 3 aromatic carbocycles. The standard InChI is InChI=1S/C47H52N10O7S/c1-53(2)23-24-64-40-26-39(63-4)35(51-47-48-17-16-34(50-47)32-27-54(3)37-11-6-5-9-30(32)37)25-36(40)49-42(58)13-8-18-55-19-21-56(22-20-55)44(60)29-65-41-12-7-10-31-33(41)28-57(46(31)62)38-14-15-43(59)52-45(38)61/h5-13,16-17,25-27,38H,14-15,18-24,28-29H2,1-4H3,(H,49,58)(H,48,50,51)(H,52,59,61)/b13-8+. The molecule has 17 nitrogen and oxygen atoms in total. The summed E-state index contributed by atoms with van der Waals surface area (Å²) in [6.45, 7) is 4.17. The Labute approximate surface area is 381 Å². The molecule has 0 saturated carbocycles. The molecule has 5 heterocycles. The van der Waals surface area contributed by atoms with Crippen LogP contribution in [0.25, 0.3) is 22.2 Å². The largest absolute Gasteiger partial charge is 0.494 e. The number of aryl methyl sites for hydroxylation is 1. The van der Waals surface area contributed by atoms with Gasteiger partial charge in [0.1, 0.15) is 24.1 Å². The highest BCUT2D eigenvalue weighted by molar-refractivity contribution is 8.00. The first-order valence-corrected chi connectivity index (χ1v) is 22.5. The van der Waals surface area contributed by atoms with E-state index in [9.17, 15) is 24.0 Å². The van der Waals surface area contributed by atoms with E-state index in [4.69, 9.17) is 14.5 Å². The van der Waals surface area contributed by atoms with Gasteiger partial charge in [-0.1, -0.05) is 30.3 Å². The van der Waals surface area contributed by atoms with Gasteiger partial charge in [-0.25, -0.2) is 9.97 Å². The molecule has 8 rings (SSSR count). The second-order valence-corrected chi connectivity index (χ2v) is 17.3. The average Bonchev–Trinajstić information content (AvgIpc) is 3.82. The first-order valence-electron chi connectivity index (χ1n) is 21.5. The number of ether oxygens (including phenoxy) is 2. The van der Waals surface area contributed by atoms with Crippen molar-refractivity contribution in [3.05, 3.63) is 96.3 Å². The number of piperazine rings is 1. The normalized spacial score (nSPS) is 16.6. The molecule has 3 N–H and O–H groups in total. The summed E-state index contributed by atoms with van der Waals surface area (Å²) in [7, 11) is 7.48. The Kier molecular flexibility index (Phi) is 13.8. The fraction of sp³-hybridized carbons (Fsp3) is 0.340. The van der Waals surface area contributed by atoms with Gasteiger partial charge in [-0.2, -0.15) is 0 Å². The molecule has 5 amide bonds. The van der Waals surface area contributed by atoms with Crippen molar-refractivity contribution >= 4 is 69.5 Å². The van der Waals surface area contributed by atoms with Crippen molar-refractivity contribution in [1.29, 1.82) is 0 Å². The number of hydrogen-bond donors (Lipinski definition) is 3. The van der Waals surface area contributed by atoms with Crippen molar-refractivity contribution in [3.8, 4) is 22.8 Å². The van der Waals surface area contributed by atoms with Gasteiger partial charge >= 0.3 is 0 Å². The lowest BCUT2D eigenvalue weighted by molar-refractivity contribution is -0.137. The Morgan fingerprint density at radius 1 is 0.985 bits per heavy atom. The minimum absolute atomic E-state index is 0.00504. The number of amides is 5. The number of piperidine rings is 1. The number of likely N-dealkylation sites (N-methyl/N-ethyl adjacent to an activating group) is 1. The molecule has 3 aliphatic rings. The zero-order valence-electron chi connectivity index (χ0n) is 36.8. The van der Waals surface area contributed by atoms with Crippen molar-refractivity contribution in [2.45, 2.75) is 30.3 Å². The van der Waals surface area contributed by atoms with Crippen LogP contribution in [0.15, 0.2) is 90.1 Å². The van der Waals surface area contributed by atoms with E-state index in [1.54, 1.807) is 43.6 Å². The lowest BCUT2D eigenvalue weighted by atomic mass is 10.0. The first-order chi connectivity index (χ1) is 31.4. The van der Waals surface area contributed by atoms with E-state index >= 15 is 0 Å². The van der Waals surface area contributed by atoms with Crippen LogP contribution in [0, 0.1) is 0 Å². The maximum Gasteiger partial charge on any atom is 0.255 e. The maximum atomic E-state index is 13.4. The van der Waals surface area contributed by atoms with Crippen molar-refractivity contribution < 1.29 is 33.4 Å². The average molecular weight is 901 g/mol. The Balaban J connectivity index is 0.859. The van der Waals surface area contributed by atoms with E-state index in [1.807, 2.05) is 61.4 Å². The smallest absolute Gasteiger partial charge is 0.255 e. The summed E-state index contributed by atoms with van der Waals surface area (Å²) in [4.78, 5) is 81.8. The number of carbonyl (C=O) groups is 5. The van der Waals surface area contributed by atoms with Crippen molar-refractivity contribution in [2.75, 3.05) is 83.5 Å². The third-order valence-electron chi connectivity index (χ3n) is 11.7. The predicted molar refractivity (Wildman–Crippen MR) is 248 cm³/mol. The van der Waals surface area contributed by atoms with Crippen LogP contribution in [0.5, 0.6) is 11.5 Å². The molecule has 3 aliphatic heterocycles. The van der Waals surface area contributed by atoms with Gasteiger partial charge in [0.25, 0.3) is 5.91 Å². The highest BCUT2D eigenvalue weighted by atomic mass is 32.2. The number of para-hydroxylation sites is 1. The molecular weight excluding hydrogens is 849 g/mol. The van der Waals surface area contributed by atoms with Crippen LogP contribution in [0.3, 0.4) is 0 Å². The van der Waals surface area contributed by atoms with Gasteiger partial charge in [0, 0.05) is 111 Å². The second kappa shape index (κ2) is 20.0. The first kappa shape index (κ1) is 44.8. The molecule has 0 bridgehead atoms. The summed E-state index contributed by atoms with van der Waals surface area (Å²) in [6, 6.07) is 18.2. The Bertz CT molecular complexity index is 2660. The molecule has 2 aromatic heterocycles. The van der Waals surface area contributed by atoms with Gasteiger partial charge in [0.05, 0.1) is 29.9 Å². The van der Waals surface area contributed by atoms with Gasteiger partial charge in [-0.3, -0.25) is 34.2 Å². The van der Waals surface area contributed by atoms with E-state index < -0.39 is 11.9 Å². The van der Waals surface area contributed by atoms with E-state index in [1.165, 1.54) is 22.7 Å². The lowest BCUT2D eigenvalue weighted by Gasteiger charge is -2.34. The van der Waals surface area contributed by atoms with Crippen LogP contribution >= 0.6 is 11.8 Å². The highest BCUT2D eigenvalue weighted by Gasteiger charge is 2.40. The number of nitrogens with zero attached hydrogens (tertiary/aromatic N) is 7. The van der Waals surface area contributed by atoms with Gasteiger partial charge in [0.15, 0.2) is 0 Å². The number of nitrogens with one attached hydrogen (secondary N) is 3. The van der Waals surface area contributed by atoms with Crippen LogP contribution < -0.4 is 25.4 Å². The van der Waals surface area contributed by atoms with E-state index in [-0.39, 0.29) is 48.8 Å². The monoisotopic (exact) mass is 900 g/mol. The van der Waals surface area contributed by atoms with Crippen LogP contribution in [0.2, 0.25) is 0 Å². The lowest BCUT2D eigenvalue weighted by Crippen LogP contribution is -2.52. The van der Waals surface area contributed by atoms with Crippen LogP contribution in [0.1, 0.15) is 28.8 Å². The van der Waals surface area contributed by atoms with Crippen LogP contribution in [-0.2, 0) is 32.8 Å². The van der Waals surface area contributed by atoms with E-state index in [0.29, 0.717) is 80.3 Å². The van der Waals surface area contributed by atoms with Gasteiger partial charge in [0.2, 0.25) is 29.6 Å². The molecule has 1 unspecified atom stereocenters. The Hall–Kier alpha value is -6.76. The zero-order valence-corrected chi connectivity index (χ0v) is 37.7. The number of carbonyl (C=O) groups excluding carboxylic acids is 5. The molecule has 65 heavy (non-hydrogen) atoms. The molecule has 0 aliphatic carbocycles. The number of methoxy groups -OCH3 is 1. The molecule has 338 valence electrons. The summed E-state index contributed by atoms with van der Waals surface area (Å²) < 4.78 is 14.0. The molecule has 5 aromatic rings. The fourth-order valence-electron chi connectivity index (χ4n) is 8.20. The summed E-state index contributed by atoms with van der Waals surface area (Å²) in [5.41, 5.74) is 5.11. The fourth-order valence-corrected chi connectivity index (χ4v) is 9.19. The third kappa shape index (κ3) is 10.3. The zero-order chi connectivity index (χ0) is 45.6. The van der Waals surface area contributed by atoms with Crippen molar-refractivity contribution in [3.63, 3.8) is 0 Å². The number of thioether (sulfide) groups is 1. The second-order valence-electron chi connectivity index (χ2n) is 16.3. The van der Waals surface area contributed by atoms with Gasteiger partial charge in [-0.15, -0.1) is 11.8 Å². The molecular formula is C47H52N10O7S. The Morgan fingerprint density at radius 2 is 1.80 bits per heavy atom. The minimum atomic E-state index is -0.698. The highest BCUT2D eigenvalue weighted by Crippen LogP contribution is 2.39. The molecule has 0 radical (unpaired) electrons. The Morgan fingerprint density at radius 3 is 2.58 bits per heavy atom. The molecule has 2 saturated heterocycles. The molecule has 0 spiro atoms. The van der Waals surface area contributed by atoms with Crippen LogP contribution in [0.4, 0.5) is 17.3 Å². The molecule has 1 atom stereocenters. The topological polar surface area (TPSA) is 184 Å². The summed E-state index contributed by atoms with van der Waals surface area (Å²) in [5.74, 6) is 0.108. The quantitative estimate of drug-likeness (QED) is 0.0715. The number of imide groups is 1. The summed E-state index contributed by atoms with van der Waals surface area (Å²) >= 11 is 1.39. The van der Waals surface area contributed by atoms with Gasteiger partial charge < -0.3 is 39.4 Å². The number of hydrogen-bond acceptors (Lipinski definition) is 13. The van der Waals surface area contributed by atoms with Gasteiger partial charge in [-0.05, 0) is 56.4 Å². The minimum Gasteiger partial charge on any atom is -0.494 e. The third-order valence-corrected chi connectivity index (χ3v) is 12.8. The molecule has 2 fully saturated rings. The van der Waals surface area contributed by atoms with Crippen molar-refractivity contribution in [1.82, 2.24) is 39.5 Å². The SMILES string of the molecule is COc1cc(OCCN(C)C)c(NC(=O)/C=C/CN2CCN(C(=O)CSc3cccc4c3CN(C3CCC(=O)NC3=O)C4=O)CC2)cc1Nc1nccc(-c2cn(C)c3ccccc23)n1. The number of benzene rings is 3. The molecule has 18 heteroatoms. The number of rotatable bonds is 16. The van der Waals surface area contributed by atoms with E-state index in [2.05, 4.69) is 42.5 Å². The summed E-state index contributed by atoms with van der Waals surface area (Å²) in [6.07, 6.45) is 7.53. The maximum absolute atomic E-state index is 13.4. The predicted octanol–water partition coefficient (Wildman–Crippen LogP) is 4.52. The number of fused-ring (bicyclic) bond motifs is 2. The van der Waals surface area contributed by atoms with E-state index in [0.717, 1.165) is 32.6 Å². The van der Waals surface area contributed by atoms with Crippen molar-refractivity contribution in [2.24, 2.45) is 7.05 Å². The summed E-state index contributed by atoms with van der Waals surface area (Å²) in [5, 5.41) is 9.68. The number of aromatic nitrogens is 3.